The molecule has 1 aromatic carbocycles. The van der Waals surface area contributed by atoms with Gasteiger partial charge in [0.1, 0.15) is 5.75 Å². The Balaban J connectivity index is 1.58. The molecule has 0 aromatic heterocycles. The third-order valence-corrected chi connectivity index (χ3v) is 3.75. The summed E-state index contributed by atoms with van der Waals surface area (Å²) in [5, 5.41) is 2.70. The Bertz CT molecular complexity index is 408. The molecule has 0 bridgehead atoms. The van der Waals surface area contributed by atoms with E-state index in [0.717, 1.165) is 44.8 Å². The molecular formula is C16H24N2O2. The van der Waals surface area contributed by atoms with Crippen molar-refractivity contribution in [2.24, 2.45) is 5.92 Å². The van der Waals surface area contributed by atoms with Crippen molar-refractivity contribution in [1.82, 2.24) is 10.2 Å². The average Bonchev–Trinajstić information content (AvgIpc) is 2.92. The first-order valence-corrected chi connectivity index (χ1v) is 7.38. The number of para-hydroxylation sites is 1. The van der Waals surface area contributed by atoms with Crippen molar-refractivity contribution in [1.29, 1.82) is 0 Å². The molecular weight excluding hydrogens is 252 g/mol. The van der Waals surface area contributed by atoms with E-state index in [1.165, 1.54) is 0 Å². The second-order valence-electron chi connectivity index (χ2n) is 5.35. The van der Waals surface area contributed by atoms with Crippen LogP contribution < -0.4 is 10.1 Å². The van der Waals surface area contributed by atoms with E-state index in [9.17, 15) is 4.79 Å². The van der Waals surface area contributed by atoms with Gasteiger partial charge in [0.15, 0.2) is 0 Å². The van der Waals surface area contributed by atoms with Crippen molar-refractivity contribution in [3.63, 3.8) is 0 Å². The Morgan fingerprint density at radius 3 is 2.95 bits per heavy atom. The predicted octanol–water partition coefficient (Wildman–Crippen LogP) is 1.91. The molecule has 1 fully saturated rings. The number of benzene rings is 1. The minimum atomic E-state index is 0.157. The molecule has 0 aliphatic carbocycles. The first-order chi connectivity index (χ1) is 9.78. The van der Waals surface area contributed by atoms with Gasteiger partial charge in [-0.15, -0.1) is 0 Å². The molecule has 0 unspecified atom stereocenters. The summed E-state index contributed by atoms with van der Waals surface area (Å²) >= 11 is 0. The van der Waals surface area contributed by atoms with Crippen molar-refractivity contribution in [3.8, 4) is 5.75 Å². The predicted molar refractivity (Wildman–Crippen MR) is 79.8 cm³/mol. The van der Waals surface area contributed by atoms with Crippen LogP contribution in [0.25, 0.3) is 0 Å². The molecule has 0 saturated carbocycles. The zero-order valence-corrected chi connectivity index (χ0v) is 12.2. The lowest BCUT2D eigenvalue weighted by Crippen LogP contribution is -2.25. The number of carbonyl (C=O) groups excluding carboxylic acids is 1. The minimum absolute atomic E-state index is 0.157. The lowest BCUT2D eigenvalue weighted by Gasteiger charge is -2.16. The van der Waals surface area contributed by atoms with Crippen LogP contribution >= 0.6 is 0 Å². The van der Waals surface area contributed by atoms with E-state index in [1.54, 1.807) is 7.05 Å². The van der Waals surface area contributed by atoms with Crippen LogP contribution in [0.5, 0.6) is 5.75 Å². The van der Waals surface area contributed by atoms with Crippen LogP contribution in [0.1, 0.15) is 19.3 Å². The molecule has 0 spiro atoms. The van der Waals surface area contributed by atoms with Gasteiger partial charge in [-0.3, -0.25) is 4.79 Å². The van der Waals surface area contributed by atoms with Crippen LogP contribution in [0.4, 0.5) is 0 Å². The van der Waals surface area contributed by atoms with Crippen LogP contribution in [0.3, 0.4) is 0 Å². The zero-order chi connectivity index (χ0) is 14.2. The Morgan fingerprint density at radius 2 is 2.20 bits per heavy atom. The Labute approximate surface area is 121 Å². The number of ether oxygens (including phenoxy) is 1. The molecule has 2 rings (SSSR count). The maximum atomic E-state index is 11.3. The quantitative estimate of drug-likeness (QED) is 0.774. The van der Waals surface area contributed by atoms with Gasteiger partial charge in [-0.25, -0.2) is 0 Å². The van der Waals surface area contributed by atoms with E-state index >= 15 is 0 Å². The largest absolute Gasteiger partial charge is 0.494 e. The highest BCUT2D eigenvalue weighted by atomic mass is 16.5. The summed E-state index contributed by atoms with van der Waals surface area (Å²) in [4.78, 5) is 13.8. The molecule has 1 amide bonds. The van der Waals surface area contributed by atoms with Crippen LogP contribution in [0.2, 0.25) is 0 Å². The number of hydrogen-bond acceptors (Lipinski definition) is 3. The van der Waals surface area contributed by atoms with Gasteiger partial charge >= 0.3 is 0 Å². The van der Waals surface area contributed by atoms with E-state index in [1.807, 2.05) is 30.3 Å². The van der Waals surface area contributed by atoms with Gasteiger partial charge in [-0.1, -0.05) is 18.2 Å². The van der Waals surface area contributed by atoms with Crippen LogP contribution in [-0.2, 0) is 4.79 Å². The standard InChI is InChI=1S/C16H24N2O2/c1-17-16(19)12-14-8-10-18(13-14)9-5-11-20-15-6-3-2-4-7-15/h2-4,6-7,14H,5,8-13H2,1H3,(H,17,19)/t14-/m0/s1. The van der Waals surface area contributed by atoms with Crippen molar-refractivity contribution in [3.05, 3.63) is 30.3 Å². The second-order valence-corrected chi connectivity index (χ2v) is 5.35. The molecule has 4 nitrogen and oxygen atoms in total. The average molecular weight is 276 g/mol. The smallest absolute Gasteiger partial charge is 0.220 e. The Morgan fingerprint density at radius 1 is 1.40 bits per heavy atom. The monoisotopic (exact) mass is 276 g/mol. The molecule has 4 heteroatoms. The molecule has 110 valence electrons. The van der Waals surface area contributed by atoms with Crippen molar-refractivity contribution in [2.75, 3.05) is 33.3 Å². The van der Waals surface area contributed by atoms with E-state index in [-0.39, 0.29) is 5.91 Å². The van der Waals surface area contributed by atoms with Crippen LogP contribution in [0, 0.1) is 5.92 Å². The van der Waals surface area contributed by atoms with Crippen LogP contribution in [-0.4, -0.2) is 44.1 Å². The number of carbonyl (C=O) groups is 1. The minimum Gasteiger partial charge on any atom is -0.494 e. The first kappa shape index (κ1) is 14.9. The lowest BCUT2D eigenvalue weighted by molar-refractivity contribution is -0.121. The summed E-state index contributed by atoms with van der Waals surface area (Å²) in [6, 6.07) is 9.92. The summed E-state index contributed by atoms with van der Waals surface area (Å²) in [5.74, 6) is 1.61. The fraction of sp³-hybridized carbons (Fsp3) is 0.562. The highest BCUT2D eigenvalue weighted by Gasteiger charge is 2.23. The molecule has 1 N–H and O–H groups in total. The number of hydrogen-bond donors (Lipinski definition) is 1. The molecule has 1 saturated heterocycles. The normalized spacial score (nSPS) is 18.9. The topological polar surface area (TPSA) is 41.6 Å². The number of likely N-dealkylation sites (tertiary alicyclic amines) is 1. The number of nitrogens with one attached hydrogen (secondary N) is 1. The zero-order valence-electron chi connectivity index (χ0n) is 12.2. The van der Waals surface area contributed by atoms with Gasteiger partial charge in [0, 0.05) is 26.6 Å². The van der Waals surface area contributed by atoms with Gasteiger partial charge < -0.3 is 15.0 Å². The highest BCUT2D eigenvalue weighted by Crippen LogP contribution is 2.19. The van der Waals surface area contributed by atoms with Crippen LogP contribution in [0.15, 0.2) is 30.3 Å². The van der Waals surface area contributed by atoms with Crippen molar-refractivity contribution >= 4 is 5.91 Å². The van der Waals surface area contributed by atoms with E-state index < -0.39 is 0 Å². The number of rotatable bonds is 7. The van der Waals surface area contributed by atoms with Gasteiger partial charge in [0.25, 0.3) is 0 Å². The number of amides is 1. The maximum Gasteiger partial charge on any atom is 0.220 e. The van der Waals surface area contributed by atoms with Gasteiger partial charge in [-0.05, 0) is 37.4 Å². The SMILES string of the molecule is CNC(=O)C[C@@H]1CCN(CCCOc2ccccc2)C1. The first-order valence-electron chi connectivity index (χ1n) is 7.38. The molecule has 1 aromatic rings. The molecule has 0 radical (unpaired) electrons. The third kappa shape index (κ3) is 4.85. The highest BCUT2D eigenvalue weighted by molar-refractivity contribution is 5.75. The van der Waals surface area contributed by atoms with E-state index in [0.29, 0.717) is 12.3 Å². The van der Waals surface area contributed by atoms with E-state index in [2.05, 4.69) is 10.2 Å². The molecule has 20 heavy (non-hydrogen) atoms. The summed E-state index contributed by atoms with van der Waals surface area (Å²) < 4.78 is 5.68. The molecule has 1 aliphatic heterocycles. The fourth-order valence-electron chi connectivity index (χ4n) is 2.64. The van der Waals surface area contributed by atoms with Gasteiger partial charge in [0.2, 0.25) is 5.91 Å². The van der Waals surface area contributed by atoms with Gasteiger partial charge in [0.05, 0.1) is 6.61 Å². The third-order valence-electron chi connectivity index (χ3n) is 3.75. The number of nitrogens with zero attached hydrogens (tertiary/aromatic N) is 1. The maximum absolute atomic E-state index is 11.3. The lowest BCUT2D eigenvalue weighted by atomic mass is 10.1. The Kier molecular flexibility index (Phi) is 5.87. The fourth-order valence-corrected chi connectivity index (χ4v) is 2.64. The van der Waals surface area contributed by atoms with Gasteiger partial charge in [-0.2, -0.15) is 0 Å². The molecule has 1 heterocycles. The van der Waals surface area contributed by atoms with E-state index in [4.69, 9.17) is 4.74 Å². The molecule has 1 atom stereocenters. The summed E-state index contributed by atoms with van der Waals surface area (Å²) in [6.45, 7) is 3.95. The summed E-state index contributed by atoms with van der Waals surface area (Å²) in [6.07, 6.45) is 2.82. The summed E-state index contributed by atoms with van der Waals surface area (Å²) in [7, 11) is 1.70. The van der Waals surface area contributed by atoms with Crippen molar-refractivity contribution in [2.45, 2.75) is 19.3 Å². The Hall–Kier alpha value is -1.55. The van der Waals surface area contributed by atoms with Crippen molar-refractivity contribution < 1.29 is 9.53 Å². The molecule has 1 aliphatic rings. The second kappa shape index (κ2) is 7.90. The summed E-state index contributed by atoms with van der Waals surface area (Å²) in [5.41, 5.74) is 0.